The SMILES string of the molecule is CN(C)C[C@H](Cc1cccc(C(F)(F)F)c1)C(=O)c1cccc(O)c1. The first kappa shape index (κ1) is 19.0. The van der Waals surface area contributed by atoms with E-state index < -0.39 is 17.7 Å². The first-order valence-corrected chi connectivity index (χ1v) is 7.81. The van der Waals surface area contributed by atoms with Crippen molar-refractivity contribution in [3.63, 3.8) is 0 Å². The second-order valence-corrected chi connectivity index (χ2v) is 6.28. The molecule has 0 aliphatic rings. The number of phenols is 1. The first-order valence-electron chi connectivity index (χ1n) is 7.81. The predicted octanol–water partition coefficient (Wildman–Crippen LogP) is 4.01. The van der Waals surface area contributed by atoms with Crippen LogP contribution in [0.4, 0.5) is 13.2 Å². The van der Waals surface area contributed by atoms with Gasteiger partial charge in [0.2, 0.25) is 0 Å². The van der Waals surface area contributed by atoms with Crippen molar-refractivity contribution in [2.45, 2.75) is 12.6 Å². The number of hydrogen-bond donors (Lipinski definition) is 1. The zero-order chi connectivity index (χ0) is 18.6. The lowest BCUT2D eigenvalue weighted by atomic mass is 9.90. The lowest BCUT2D eigenvalue weighted by molar-refractivity contribution is -0.137. The summed E-state index contributed by atoms with van der Waals surface area (Å²) in [5.74, 6) is -0.740. The predicted molar refractivity (Wildman–Crippen MR) is 89.6 cm³/mol. The third-order valence-electron chi connectivity index (χ3n) is 3.82. The largest absolute Gasteiger partial charge is 0.508 e. The second-order valence-electron chi connectivity index (χ2n) is 6.28. The fraction of sp³-hybridized carbons (Fsp3) is 0.316. The molecule has 2 rings (SSSR count). The molecule has 0 saturated carbocycles. The quantitative estimate of drug-likeness (QED) is 0.800. The fourth-order valence-corrected chi connectivity index (χ4v) is 2.73. The van der Waals surface area contributed by atoms with E-state index in [2.05, 4.69) is 0 Å². The van der Waals surface area contributed by atoms with Crippen molar-refractivity contribution in [1.82, 2.24) is 4.90 Å². The summed E-state index contributed by atoms with van der Waals surface area (Å²) >= 11 is 0. The van der Waals surface area contributed by atoms with E-state index >= 15 is 0 Å². The average Bonchev–Trinajstić information content (AvgIpc) is 2.52. The van der Waals surface area contributed by atoms with Crippen LogP contribution in [0.15, 0.2) is 48.5 Å². The smallest absolute Gasteiger partial charge is 0.416 e. The summed E-state index contributed by atoms with van der Waals surface area (Å²) in [7, 11) is 3.60. The van der Waals surface area contributed by atoms with Gasteiger partial charge in [-0.3, -0.25) is 4.79 Å². The summed E-state index contributed by atoms with van der Waals surface area (Å²) in [4.78, 5) is 14.6. The van der Waals surface area contributed by atoms with Crippen LogP contribution in [-0.4, -0.2) is 36.4 Å². The summed E-state index contributed by atoms with van der Waals surface area (Å²) in [5, 5.41) is 9.55. The molecule has 0 spiro atoms. The summed E-state index contributed by atoms with van der Waals surface area (Å²) in [6, 6.07) is 11.0. The Kier molecular flexibility index (Phi) is 5.85. The number of aromatic hydroxyl groups is 1. The Balaban J connectivity index is 2.28. The lowest BCUT2D eigenvalue weighted by Crippen LogP contribution is -2.29. The zero-order valence-electron chi connectivity index (χ0n) is 14.0. The number of carbonyl (C=O) groups is 1. The maximum atomic E-state index is 12.9. The lowest BCUT2D eigenvalue weighted by Gasteiger charge is -2.21. The monoisotopic (exact) mass is 351 g/mol. The zero-order valence-corrected chi connectivity index (χ0v) is 14.0. The van der Waals surface area contributed by atoms with Crippen LogP contribution >= 0.6 is 0 Å². The van der Waals surface area contributed by atoms with E-state index in [1.807, 2.05) is 4.90 Å². The minimum Gasteiger partial charge on any atom is -0.508 e. The summed E-state index contributed by atoms with van der Waals surface area (Å²) in [5.41, 5.74) is 0.0763. The van der Waals surface area contributed by atoms with Gasteiger partial charge < -0.3 is 10.0 Å². The van der Waals surface area contributed by atoms with Crippen LogP contribution in [0.5, 0.6) is 5.75 Å². The molecule has 0 radical (unpaired) electrons. The highest BCUT2D eigenvalue weighted by atomic mass is 19.4. The Hall–Kier alpha value is -2.34. The van der Waals surface area contributed by atoms with Crippen LogP contribution in [0.25, 0.3) is 0 Å². The Bertz CT molecular complexity index is 741. The van der Waals surface area contributed by atoms with Gasteiger partial charge in [-0.1, -0.05) is 30.3 Å². The van der Waals surface area contributed by atoms with Gasteiger partial charge in [-0.25, -0.2) is 0 Å². The van der Waals surface area contributed by atoms with Crippen molar-refractivity contribution >= 4 is 5.78 Å². The van der Waals surface area contributed by atoms with E-state index in [4.69, 9.17) is 0 Å². The molecule has 0 aliphatic carbocycles. The molecular weight excluding hydrogens is 331 g/mol. The van der Waals surface area contributed by atoms with Crippen molar-refractivity contribution in [3.05, 3.63) is 65.2 Å². The van der Waals surface area contributed by atoms with Crippen LogP contribution in [0.2, 0.25) is 0 Å². The van der Waals surface area contributed by atoms with E-state index in [0.29, 0.717) is 17.7 Å². The van der Waals surface area contributed by atoms with Gasteiger partial charge in [0.15, 0.2) is 5.78 Å². The van der Waals surface area contributed by atoms with Crippen molar-refractivity contribution in [2.24, 2.45) is 5.92 Å². The molecule has 0 amide bonds. The van der Waals surface area contributed by atoms with Gasteiger partial charge >= 0.3 is 6.18 Å². The fourth-order valence-electron chi connectivity index (χ4n) is 2.73. The van der Waals surface area contributed by atoms with Gasteiger partial charge in [0, 0.05) is 18.0 Å². The molecule has 0 fully saturated rings. The molecule has 0 unspecified atom stereocenters. The topological polar surface area (TPSA) is 40.5 Å². The molecule has 6 heteroatoms. The Morgan fingerprint density at radius 3 is 2.40 bits per heavy atom. The van der Waals surface area contributed by atoms with Crippen molar-refractivity contribution in [1.29, 1.82) is 0 Å². The molecule has 25 heavy (non-hydrogen) atoms. The van der Waals surface area contributed by atoms with Crippen molar-refractivity contribution < 1.29 is 23.1 Å². The Morgan fingerprint density at radius 1 is 1.12 bits per heavy atom. The number of nitrogens with zero attached hydrogens (tertiary/aromatic N) is 1. The van der Waals surface area contributed by atoms with E-state index in [9.17, 15) is 23.1 Å². The third-order valence-corrected chi connectivity index (χ3v) is 3.82. The number of phenolic OH excluding ortho intramolecular Hbond substituents is 1. The van der Waals surface area contributed by atoms with Crippen LogP contribution in [-0.2, 0) is 12.6 Å². The number of benzene rings is 2. The molecule has 2 aromatic rings. The molecule has 0 aliphatic heterocycles. The summed E-state index contributed by atoms with van der Waals surface area (Å²) < 4.78 is 38.6. The van der Waals surface area contributed by atoms with Crippen molar-refractivity contribution in [2.75, 3.05) is 20.6 Å². The van der Waals surface area contributed by atoms with Gasteiger partial charge in [-0.15, -0.1) is 0 Å². The molecule has 134 valence electrons. The molecule has 0 aromatic heterocycles. The van der Waals surface area contributed by atoms with Crippen LogP contribution in [0.1, 0.15) is 21.5 Å². The number of rotatable bonds is 6. The van der Waals surface area contributed by atoms with E-state index in [1.165, 1.54) is 18.2 Å². The number of alkyl halides is 3. The number of halogens is 3. The van der Waals surface area contributed by atoms with Gasteiger partial charge in [0.1, 0.15) is 5.75 Å². The maximum absolute atomic E-state index is 12.9. The minimum absolute atomic E-state index is 0.0199. The number of ketones is 1. The Labute approximate surface area is 144 Å². The summed E-state index contributed by atoms with van der Waals surface area (Å²) in [6.07, 6.45) is -4.22. The van der Waals surface area contributed by atoms with Crippen molar-refractivity contribution in [3.8, 4) is 5.75 Å². The molecule has 1 atom stereocenters. The number of hydrogen-bond acceptors (Lipinski definition) is 3. The highest BCUT2D eigenvalue weighted by Crippen LogP contribution is 2.30. The molecule has 2 aromatic carbocycles. The maximum Gasteiger partial charge on any atom is 0.416 e. The molecule has 0 heterocycles. The highest BCUT2D eigenvalue weighted by Gasteiger charge is 2.31. The van der Waals surface area contributed by atoms with Gasteiger partial charge in [0.05, 0.1) is 5.56 Å². The second kappa shape index (κ2) is 7.70. The molecule has 0 saturated heterocycles. The van der Waals surface area contributed by atoms with Crippen LogP contribution in [0.3, 0.4) is 0 Å². The third kappa shape index (κ3) is 5.32. The van der Waals surface area contributed by atoms with Gasteiger partial charge in [-0.05, 0) is 44.3 Å². The Morgan fingerprint density at radius 2 is 1.80 bits per heavy atom. The normalized spacial score (nSPS) is 13.0. The molecule has 1 N–H and O–H groups in total. The molecule has 3 nitrogen and oxygen atoms in total. The number of carbonyl (C=O) groups excluding carboxylic acids is 1. The molecular formula is C19H20F3NO2. The van der Waals surface area contributed by atoms with E-state index in [0.717, 1.165) is 12.1 Å². The minimum atomic E-state index is -4.41. The number of Topliss-reactive ketones (excluding diaryl/α,β-unsaturated/α-hetero) is 1. The van der Waals surface area contributed by atoms with Gasteiger partial charge in [-0.2, -0.15) is 13.2 Å². The first-order chi connectivity index (χ1) is 11.7. The standard InChI is InChI=1S/C19H20F3NO2/c1-23(2)12-15(18(25)14-6-4-8-17(24)11-14)9-13-5-3-7-16(10-13)19(20,21)22/h3-8,10-11,15,24H,9,12H2,1-2H3/t15-/m0/s1. The van der Waals surface area contributed by atoms with Gasteiger partial charge in [0.25, 0.3) is 0 Å². The molecule has 0 bridgehead atoms. The summed E-state index contributed by atoms with van der Waals surface area (Å²) in [6.45, 7) is 0.394. The van der Waals surface area contributed by atoms with E-state index in [1.54, 1.807) is 32.3 Å². The van der Waals surface area contributed by atoms with Crippen LogP contribution in [0, 0.1) is 5.92 Å². The highest BCUT2D eigenvalue weighted by molar-refractivity contribution is 5.98. The van der Waals surface area contributed by atoms with E-state index in [-0.39, 0.29) is 18.0 Å². The van der Waals surface area contributed by atoms with Crippen LogP contribution < -0.4 is 0 Å². The average molecular weight is 351 g/mol.